The molecule has 2 bridgehead atoms. The number of para-hydroxylation sites is 2. The number of carbonyl (C=O) groups excluding carboxylic acids is 2. The Morgan fingerprint density at radius 2 is 1.82 bits per heavy atom. The summed E-state index contributed by atoms with van der Waals surface area (Å²) in [5, 5.41) is 2.96. The van der Waals surface area contributed by atoms with Gasteiger partial charge in [0, 0.05) is 11.6 Å². The number of anilines is 1. The number of rotatable bonds is 5. The van der Waals surface area contributed by atoms with E-state index in [1.165, 1.54) is 0 Å². The number of hydrogen-bond donors (Lipinski definition) is 1. The Morgan fingerprint density at radius 3 is 2.57 bits per heavy atom. The molecule has 2 aromatic carbocycles. The maximum absolute atomic E-state index is 12.8. The fourth-order valence-electron chi connectivity index (χ4n) is 5.03. The van der Waals surface area contributed by atoms with Crippen LogP contribution in [0.2, 0.25) is 0 Å². The second-order valence-electron chi connectivity index (χ2n) is 7.69. The number of methoxy groups -OCH3 is 1. The maximum Gasteiger partial charge on any atom is 0.310 e. The van der Waals surface area contributed by atoms with Crippen LogP contribution in [-0.4, -0.2) is 25.1 Å². The van der Waals surface area contributed by atoms with Crippen molar-refractivity contribution in [3.05, 3.63) is 48.5 Å². The Kier molecular flexibility index (Phi) is 4.00. The van der Waals surface area contributed by atoms with Crippen molar-refractivity contribution in [2.24, 2.45) is 23.7 Å². The molecule has 1 aliphatic heterocycles. The molecule has 6 heteroatoms. The maximum atomic E-state index is 12.8. The van der Waals surface area contributed by atoms with Crippen molar-refractivity contribution < 1.29 is 23.8 Å². The van der Waals surface area contributed by atoms with E-state index in [1.807, 2.05) is 24.3 Å². The van der Waals surface area contributed by atoms with Crippen LogP contribution in [0.1, 0.15) is 12.8 Å². The van der Waals surface area contributed by atoms with Crippen LogP contribution in [0.5, 0.6) is 17.2 Å². The Morgan fingerprint density at radius 1 is 1.07 bits per heavy atom. The SMILES string of the molecule is COc1ccccc1Oc1ccc(NC(=O)C2C3CC4OC(=O)C2C4C3)cc1. The molecule has 0 spiro atoms. The van der Waals surface area contributed by atoms with E-state index in [2.05, 4.69) is 5.32 Å². The number of nitrogens with one attached hydrogen (secondary N) is 1. The zero-order chi connectivity index (χ0) is 19.3. The molecule has 3 fully saturated rings. The molecule has 1 N–H and O–H groups in total. The van der Waals surface area contributed by atoms with E-state index in [0.29, 0.717) is 22.9 Å². The lowest BCUT2D eigenvalue weighted by Gasteiger charge is -2.23. The standard InChI is InChI=1S/C22H21NO5/c1-26-16-4-2-3-5-17(16)27-14-8-6-13(7-9-14)23-21(24)19-12-10-15-18(11-12)28-22(25)20(15)19/h2-9,12,15,18-20H,10-11H2,1H3,(H,23,24). The Labute approximate surface area is 162 Å². The average Bonchev–Trinajstić information content (AvgIpc) is 3.32. The molecule has 5 unspecified atom stereocenters. The Bertz CT molecular complexity index is 923. The Hall–Kier alpha value is -3.02. The van der Waals surface area contributed by atoms with Gasteiger partial charge in [-0.1, -0.05) is 12.1 Å². The summed E-state index contributed by atoms with van der Waals surface area (Å²) in [5.41, 5.74) is 0.683. The van der Waals surface area contributed by atoms with E-state index in [1.54, 1.807) is 31.4 Å². The molecule has 2 saturated carbocycles. The predicted molar refractivity (Wildman–Crippen MR) is 101 cm³/mol. The summed E-state index contributed by atoms with van der Waals surface area (Å²) in [5.74, 6) is 1.56. The molecule has 2 aromatic rings. The molecule has 28 heavy (non-hydrogen) atoms. The second-order valence-corrected chi connectivity index (χ2v) is 7.69. The van der Waals surface area contributed by atoms with Gasteiger partial charge >= 0.3 is 5.97 Å². The van der Waals surface area contributed by atoms with Gasteiger partial charge in [-0.15, -0.1) is 0 Å². The van der Waals surface area contributed by atoms with Gasteiger partial charge in [0.25, 0.3) is 0 Å². The van der Waals surface area contributed by atoms with Crippen LogP contribution < -0.4 is 14.8 Å². The molecular weight excluding hydrogens is 358 g/mol. The van der Waals surface area contributed by atoms with Crippen molar-refractivity contribution in [3.8, 4) is 17.2 Å². The highest BCUT2D eigenvalue weighted by molar-refractivity contribution is 5.97. The quantitative estimate of drug-likeness (QED) is 0.803. The van der Waals surface area contributed by atoms with Crippen LogP contribution in [0.3, 0.4) is 0 Å². The largest absolute Gasteiger partial charge is 0.493 e. The van der Waals surface area contributed by atoms with E-state index in [4.69, 9.17) is 14.2 Å². The van der Waals surface area contributed by atoms with Crippen molar-refractivity contribution in [1.29, 1.82) is 0 Å². The van der Waals surface area contributed by atoms with Crippen LogP contribution >= 0.6 is 0 Å². The lowest BCUT2D eigenvalue weighted by molar-refractivity contribution is -0.145. The van der Waals surface area contributed by atoms with Crippen molar-refractivity contribution in [2.75, 3.05) is 12.4 Å². The summed E-state index contributed by atoms with van der Waals surface area (Å²) in [7, 11) is 1.60. The van der Waals surface area contributed by atoms with E-state index in [9.17, 15) is 9.59 Å². The van der Waals surface area contributed by atoms with Crippen molar-refractivity contribution >= 4 is 17.6 Å². The fourth-order valence-corrected chi connectivity index (χ4v) is 5.03. The summed E-state index contributed by atoms with van der Waals surface area (Å²) in [6.45, 7) is 0. The van der Waals surface area contributed by atoms with Crippen LogP contribution in [0.25, 0.3) is 0 Å². The molecule has 3 aliphatic rings. The minimum atomic E-state index is -0.277. The van der Waals surface area contributed by atoms with E-state index >= 15 is 0 Å². The van der Waals surface area contributed by atoms with Crippen LogP contribution in [0.4, 0.5) is 5.69 Å². The first-order chi connectivity index (χ1) is 13.6. The third kappa shape index (κ3) is 2.71. The van der Waals surface area contributed by atoms with Crippen molar-refractivity contribution in [3.63, 3.8) is 0 Å². The minimum absolute atomic E-state index is 0.0398. The monoisotopic (exact) mass is 379 g/mol. The lowest BCUT2D eigenvalue weighted by Crippen LogP contribution is -2.35. The third-order valence-electron chi connectivity index (χ3n) is 6.20. The van der Waals surface area contributed by atoms with Gasteiger partial charge in [0.2, 0.25) is 5.91 Å². The molecule has 0 aromatic heterocycles. The Balaban J connectivity index is 1.27. The highest BCUT2D eigenvalue weighted by Crippen LogP contribution is 2.57. The normalized spacial score (nSPS) is 29.5. The average molecular weight is 379 g/mol. The summed E-state index contributed by atoms with van der Waals surface area (Å²) in [6.07, 6.45) is 1.78. The number of esters is 1. The molecule has 1 saturated heterocycles. The molecular formula is C22H21NO5. The summed E-state index contributed by atoms with van der Waals surface area (Å²) < 4.78 is 16.6. The first-order valence-electron chi connectivity index (χ1n) is 9.56. The number of ether oxygens (including phenoxy) is 3. The van der Waals surface area contributed by atoms with Gasteiger partial charge in [-0.3, -0.25) is 9.59 Å². The number of hydrogen-bond acceptors (Lipinski definition) is 5. The molecule has 0 radical (unpaired) electrons. The summed E-state index contributed by atoms with van der Waals surface area (Å²) >= 11 is 0. The third-order valence-corrected chi connectivity index (χ3v) is 6.20. The molecule has 6 nitrogen and oxygen atoms in total. The molecule has 144 valence electrons. The van der Waals surface area contributed by atoms with Crippen LogP contribution in [0, 0.1) is 23.7 Å². The van der Waals surface area contributed by atoms with Gasteiger partial charge in [0.05, 0.1) is 18.9 Å². The van der Waals surface area contributed by atoms with Gasteiger partial charge in [0.15, 0.2) is 11.5 Å². The molecule has 5 rings (SSSR count). The zero-order valence-corrected chi connectivity index (χ0v) is 15.5. The molecule has 1 amide bonds. The molecule has 5 atom stereocenters. The minimum Gasteiger partial charge on any atom is -0.493 e. The highest BCUT2D eigenvalue weighted by Gasteiger charge is 2.63. The first-order valence-corrected chi connectivity index (χ1v) is 9.56. The number of benzene rings is 2. The summed E-state index contributed by atoms with van der Waals surface area (Å²) in [4.78, 5) is 24.9. The van der Waals surface area contributed by atoms with Crippen molar-refractivity contribution in [2.45, 2.75) is 18.9 Å². The van der Waals surface area contributed by atoms with Crippen molar-refractivity contribution in [1.82, 2.24) is 0 Å². The predicted octanol–water partition coefficient (Wildman–Crippen LogP) is 3.62. The second kappa shape index (κ2) is 6.55. The van der Waals surface area contributed by atoms with Gasteiger partial charge in [-0.2, -0.15) is 0 Å². The van der Waals surface area contributed by atoms with E-state index in [-0.39, 0.29) is 41.7 Å². The van der Waals surface area contributed by atoms with E-state index < -0.39 is 0 Å². The molecule has 1 heterocycles. The van der Waals surface area contributed by atoms with Gasteiger partial charge < -0.3 is 19.5 Å². The van der Waals surface area contributed by atoms with E-state index in [0.717, 1.165) is 12.8 Å². The smallest absolute Gasteiger partial charge is 0.310 e. The molecule has 2 aliphatic carbocycles. The highest BCUT2D eigenvalue weighted by atomic mass is 16.6. The number of fused-ring (bicyclic) bond motifs is 1. The van der Waals surface area contributed by atoms with Gasteiger partial charge in [0.1, 0.15) is 11.9 Å². The summed E-state index contributed by atoms with van der Waals surface area (Å²) in [6, 6.07) is 14.6. The zero-order valence-electron chi connectivity index (χ0n) is 15.5. The first kappa shape index (κ1) is 17.1. The fraction of sp³-hybridized carbons (Fsp3) is 0.364. The lowest BCUT2D eigenvalue weighted by atomic mass is 9.79. The van der Waals surface area contributed by atoms with Gasteiger partial charge in [-0.05, 0) is 55.2 Å². The topological polar surface area (TPSA) is 73.9 Å². The number of amides is 1. The number of carbonyl (C=O) groups is 2. The van der Waals surface area contributed by atoms with Gasteiger partial charge in [-0.25, -0.2) is 0 Å². The van der Waals surface area contributed by atoms with Crippen LogP contribution in [0.15, 0.2) is 48.5 Å². The van der Waals surface area contributed by atoms with Crippen LogP contribution in [-0.2, 0) is 14.3 Å².